The summed E-state index contributed by atoms with van der Waals surface area (Å²) in [6.45, 7) is 3.95. The molecule has 0 aliphatic heterocycles. The minimum Gasteiger partial charge on any atom is -0.577 e. The standard InChI is InChI=1S/C48H37N3O.2C10H9NO.Al/c52-48-35-23-38(24-36-48)37-21-25-43(26-22-37)51(46-31-27-44(28-32-46)49(39-13-5-1-6-14-39)40-15-7-2-8-16-40)47-33-29-45(30-34-47)50(41-17-9-3-10-18-41)42-19-11-4-12-20-42;2*1-7-5-6-8-3-2-4-9(12)10(8)11-7;/h1-36,52H;2*2-6,12H,1H3;/q;;;+3/p-3. The SMILES string of the molecule is Cc1ccc2cccc([O][Al]([O]c3ccc(-c4ccc(N(c5ccc(N(c6ccccc6)c6ccccc6)cc5)c5ccc(N(c6ccccc6)c6ccccc6)cc5)cc4)cc3)[O]c3cccc4ccc(C)nc34)c2n1. The first-order valence-electron chi connectivity index (χ1n) is 25.7. The van der Waals surface area contributed by atoms with Crippen molar-refractivity contribution in [3.05, 3.63) is 290 Å². The molecule has 0 unspecified atom stereocenters. The Morgan fingerprint density at radius 2 is 0.571 bits per heavy atom. The second kappa shape index (κ2) is 22.1. The van der Waals surface area contributed by atoms with E-state index in [1.165, 1.54) is 0 Å². The van der Waals surface area contributed by atoms with E-state index in [4.69, 9.17) is 21.3 Å². The molecule has 77 heavy (non-hydrogen) atoms. The van der Waals surface area contributed by atoms with Crippen molar-refractivity contribution in [3.8, 4) is 28.4 Å². The van der Waals surface area contributed by atoms with E-state index in [0.717, 1.165) is 95.5 Å². The predicted octanol–water partition coefficient (Wildman–Crippen LogP) is 18.0. The highest BCUT2D eigenvalue weighted by Crippen LogP contribution is 2.42. The third kappa shape index (κ3) is 10.7. The van der Waals surface area contributed by atoms with E-state index >= 15 is 0 Å². The Morgan fingerprint density at radius 1 is 0.273 bits per heavy atom. The number of nitrogens with zero attached hydrogens (tertiary/aromatic N) is 5. The van der Waals surface area contributed by atoms with Gasteiger partial charge in [-0.25, -0.2) is 9.97 Å². The molecule has 12 rings (SSSR count). The minimum absolute atomic E-state index is 0.604. The van der Waals surface area contributed by atoms with Crippen LogP contribution in [0, 0.1) is 13.8 Å². The Kier molecular flexibility index (Phi) is 13.8. The number of aromatic nitrogens is 2. The lowest BCUT2D eigenvalue weighted by molar-refractivity contribution is 0.310. The zero-order chi connectivity index (χ0) is 51.9. The van der Waals surface area contributed by atoms with Crippen LogP contribution in [-0.2, 0) is 0 Å². The van der Waals surface area contributed by atoms with Crippen molar-refractivity contribution in [2.75, 3.05) is 14.7 Å². The summed E-state index contributed by atoms with van der Waals surface area (Å²) in [5, 5.41) is 1.95. The fraction of sp³-hybridized carbons (Fsp3) is 0.0294. The van der Waals surface area contributed by atoms with Crippen molar-refractivity contribution >= 4 is 88.1 Å². The summed E-state index contributed by atoms with van der Waals surface area (Å²) in [6.07, 6.45) is 0. The van der Waals surface area contributed by atoms with E-state index in [1.807, 2.05) is 74.5 Å². The van der Waals surface area contributed by atoms with Crippen molar-refractivity contribution in [2.24, 2.45) is 0 Å². The number of aryl methyl sites for hydroxylation is 2. The first kappa shape index (κ1) is 48.3. The molecule has 370 valence electrons. The Labute approximate surface area is 454 Å². The number of hydrogen-bond donors (Lipinski definition) is 0. The maximum Gasteiger partial charge on any atom is 1.20 e. The Morgan fingerprint density at radius 3 is 0.909 bits per heavy atom. The molecular formula is C68H52AlN5O3. The van der Waals surface area contributed by atoms with Crippen LogP contribution >= 0.6 is 0 Å². The van der Waals surface area contributed by atoms with E-state index in [9.17, 15) is 0 Å². The van der Waals surface area contributed by atoms with Gasteiger partial charge >= 0.3 is 15.1 Å². The lowest BCUT2D eigenvalue weighted by atomic mass is 10.0. The number of hydrogen-bond acceptors (Lipinski definition) is 8. The second-order valence-electron chi connectivity index (χ2n) is 18.7. The molecule has 0 spiro atoms. The largest absolute Gasteiger partial charge is 1.20 e. The minimum atomic E-state index is -3.00. The normalized spacial score (nSPS) is 11.0. The number of fused-ring (bicyclic) bond motifs is 2. The average Bonchev–Trinajstić information content (AvgIpc) is 3.49. The molecule has 0 aliphatic carbocycles. The highest BCUT2D eigenvalue weighted by molar-refractivity contribution is 6.40. The molecule has 0 saturated carbocycles. The zero-order valence-electron chi connectivity index (χ0n) is 42.6. The molecule has 0 N–H and O–H groups in total. The lowest BCUT2D eigenvalue weighted by Gasteiger charge is -2.29. The molecule has 2 heterocycles. The molecule has 0 fully saturated rings. The molecule has 12 aromatic rings. The monoisotopic (exact) mass is 1010 g/mol. The zero-order valence-corrected chi connectivity index (χ0v) is 43.8. The van der Waals surface area contributed by atoms with E-state index in [1.54, 1.807) is 0 Å². The summed E-state index contributed by atoms with van der Waals surface area (Å²) in [5.74, 6) is 1.84. The van der Waals surface area contributed by atoms with Gasteiger partial charge in [0, 0.05) is 73.3 Å². The van der Waals surface area contributed by atoms with Crippen molar-refractivity contribution in [1.29, 1.82) is 0 Å². The Balaban J connectivity index is 0.860. The maximum absolute atomic E-state index is 6.71. The van der Waals surface area contributed by atoms with Crippen molar-refractivity contribution in [3.63, 3.8) is 0 Å². The summed E-state index contributed by atoms with van der Waals surface area (Å²) >= 11 is -3.00. The summed E-state index contributed by atoms with van der Waals surface area (Å²) < 4.78 is 20.1. The fourth-order valence-corrected chi connectivity index (χ4v) is 11.0. The number of rotatable bonds is 16. The molecule has 0 bridgehead atoms. The smallest absolute Gasteiger partial charge is 0.577 e. The van der Waals surface area contributed by atoms with Gasteiger partial charge in [0.25, 0.3) is 0 Å². The van der Waals surface area contributed by atoms with Gasteiger partial charge in [-0.05, 0) is 171 Å². The molecule has 0 saturated heterocycles. The molecule has 9 heteroatoms. The summed E-state index contributed by atoms with van der Waals surface area (Å²) in [4.78, 5) is 16.5. The van der Waals surface area contributed by atoms with Crippen LogP contribution < -0.4 is 26.1 Å². The molecular weight excluding hydrogens is 962 g/mol. The van der Waals surface area contributed by atoms with Gasteiger partial charge < -0.3 is 26.1 Å². The molecule has 8 nitrogen and oxygen atoms in total. The van der Waals surface area contributed by atoms with Crippen LogP contribution in [0.4, 0.5) is 51.2 Å². The summed E-state index contributed by atoms with van der Waals surface area (Å²) in [6, 6.07) is 96.3. The number of para-hydroxylation sites is 6. The van der Waals surface area contributed by atoms with E-state index < -0.39 is 15.1 Å². The van der Waals surface area contributed by atoms with Gasteiger partial charge in [-0.1, -0.05) is 133 Å². The van der Waals surface area contributed by atoms with Crippen LogP contribution in [0.5, 0.6) is 17.2 Å². The topological polar surface area (TPSA) is 63.2 Å². The fourth-order valence-electron chi connectivity index (χ4n) is 9.70. The second-order valence-corrected chi connectivity index (χ2v) is 19.9. The van der Waals surface area contributed by atoms with Crippen LogP contribution in [0.2, 0.25) is 0 Å². The van der Waals surface area contributed by atoms with Crippen LogP contribution in [0.15, 0.2) is 279 Å². The van der Waals surface area contributed by atoms with E-state index in [-0.39, 0.29) is 0 Å². The van der Waals surface area contributed by atoms with Crippen LogP contribution in [-0.4, -0.2) is 25.1 Å². The summed E-state index contributed by atoms with van der Waals surface area (Å²) in [7, 11) is 0. The van der Waals surface area contributed by atoms with Gasteiger partial charge in [0.05, 0.1) is 5.75 Å². The van der Waals surface area contributed by atoms with Crippen LogP contribution in [0.1, 0.15) is 11.4 Å². The van der Waals surface area contributed by atoms with Crippen LogP contribution in [0.25, 0.3) is 32.9 Å². The number of benzene rings is 10. The van der Waals surface area contributed by atoms with E-state index in [0.29, 0.717) is 17.2 Å². The van der Waals surface area contributed by atoms with Gasteiger partial charge in [-0.3, -0.25) is 0 Å². The molecule has 2 aromatic heterocycles. The molecule has 0 radical (unpaired) electrons. The average molecular weight is 1010 g/mol. The third-order valence-electron chi connectivity index (χ3n) is 13.4. The van der Waals surface area contributed by atoms with Gasteiger partial charge in [0.2, 0.25) is 0 Å². The lowest BCUT2D eigenvalue weighted by Crippen LogP contribution is -2.37. The van der Waals surface area contributed by atoms with Crippen LogP contribution in [0.3, 0.4) is 0 Å². The molecule has 0 aliphatic rings. The quantitative estimate of drug-likeness (QED) is 0.0887. The number of pyridine rings is 2. The van der Waals surface area contributed by atoms with Gasteiger partial charge in [0.1, 0.15) is 22.5 Å². The molecule has 0 atom stereocenters. The van der Waals surface area contributed by atoms with Gasteiger partial charge in [-0.2, -0.15) is 0 Å². The third-order valence-corrected chi connectivity index (χ3v) is 14.8. The van der Waals surface area contributed by atoms with E-state index in [2.05, 4.69) is 233 Å². The van der Waals surface area contributed by atoms with Crippen molar-refractivity contribution in [2.45, 2.75) is 13.8 Å². The Bertz CT molecular complexity index is 3620. The highest BCUT2D eigenvalue weighted by Gasteiger charge is 2.45. The van der Waals surface area contributed by atoms with Gasteiger partial charge in [0.15, 0.2) is 0 Å². The maximum atomic E-state index is 6.71. The molecule has 10 aromatic carbocycles. The molecule has 0 amide bonds. The van der Waals surface area contributed by atoms with Crippen molar-refractivity contribution in [1.82, 2.24) is 9.97 Å². The van der Waals surface area contributed by atoms with Crippen molar-refractivity contribution < 1.29 is 11.4 Å². The Hall–Kier alpha value is -9.65. The first-order chi connectivity index (χ1) is 38.0. The highest BCUT2D eigenvalue weighted by atomic mass is 27.3. The first-order valence-corrected chi connectivity index (χ1v) is 27.1. The predicted molar refractivity (Wildman–Crippen MR) is 317 cm³/mol. The summed E-state index contributed by atoms with van der Waals surface area (Å²) in [5.41, 5.74) is 14.9. The van der Waals surface area contributed by atoms with Gasteiger partial charge in [-0.15, -0.1) is 0 Å². The number of anilines is 9.